The van der Waals surface area contributed by atoms with Gasteiger partial charge in [0.15, 0.2) is 11.6 Å². The highest BCUT2D eigenvalue weighted by atomic mass is 19.1. The first-order valence-corrected chi connectivity index (χ1v) is 4.11. The zero-order valence-electron chi connectivity index (χ0n) is 7.38. The number of hydrogen-bond acceptors (Lipinski definition) is 3. The number of halogens is 1. The molecule has 0 spiro atoms. The van der Waals surface area contributed by atoms with Gasteiger partial charge in [-0.3, -0.25) is 0 Å². The summed E-state index contributed by atoms with van der Waals surface area (Å²) in [5.74, 6) is -0.0792. The highest BCUT2D eigenvalue weighted by Crippen LogP contribution is 2.35. The van der Waals surface area contributed by atoms with Crippen LogP contribution >= 0.6 is 0 Å². The smallest absolute Gasteiger partial charge is 0.178 e. The number of fused-ring (bicyclic) bond motifs is 1. The number of hydrogen-bond donors (Lipinski definition) is 1. The topological polar surface area (TPSA) is 38.5 Å². The molecule has 0 fully saturated rings. The molecule has 70 valence electrons. The van der Waals surface area contributed by atoms with E-state index in [9.17, 15) is 4.39 Å². The Balaban J connectivity index is 2.56. The molecule has 4 heteroatoms. The zero-order chi connectivity index (χ0) is 9.42. The van der Waals surface area contributed by atoms with Crippen molar-refractivity contribution in [1.82, 2.24) is 0 Å². The van der Waals surface area contributed by atoms with Crippen LogP contribution in [-0.4, -0.2) is 20.2 Å². The third kappa shape index (κ3) is 1.28. The molecule has 0 atom stereocenters. The van der Waals surface area contributed by atoms with E-state index in [1.807, 2.05) is 11.9 Å². The van der Waals surface area contributed by atoms with Crippen molar-refractivity contribution in [2.24, 2.45) is 0 Å². The molecular formula is C9H11FN2O. The highest BCUT2D eigenvalue weighted by Gasteiger charge is 2.19. The van der Waals surface area contributed by atoms with Crippen molar-refractivity contribution in [3.05, 3.63) is 17.9 Å². The third-order valence-electron chi connectivity index (χ3n) is 2.13. The first kappa shape index (κ1) is 8.16. The largest absolute Gasteiger partial charge is 0.486 e. The Morgan fingerprint density at radius 2 is 2.31 bits per heavy atom. The molecule has 0 saturated heterocycles. The molecule has 0 amide bonds. The summed E-state index contributed by atoms with van der Waals surface area (Å²) < 4.78 is 18.5. The van der Waals surface area contributed by atoms with Crippen LogP contribution in [0.4, 0.5) is 15.8 Å². The lowest BCUT2D eigenvalue weighted by molar-refractivity contribution is 0.295. The highest BCUT2D eigenvalue weighted by molar-refractivity contribution is 5.66. The molecule has 0 aromatic heterocycles. The number of anilines is 2. The van der Waals surface area contributed by atoms with Crippen LogP contribution in [0.2, 0.25) is 0 Å². The molecule has 0 bridgehead atoms. The summed E-state index contributed by atoms with van der Waals surface area (Å²) in [6.45, 7) is 1.28. The van der Waals surface area contributed by atoms with Gasteiger partial charge in [0.05, 0.1) is 12.2 Å². The van der Waals surface area contributed by atoms with Gasteiger partial charge >= 0.3 is 0 Å². The van der Waals surface area contributed by atoms with Crippen molar-refractivity contribution in [3.63, 3.8) is 0 Å². The molecule has 1 aromatic rings. The van der Waals surface area contributed by atoms with E-state index in [0.717, 1.165) is 12.2 Å². The van der Waals surface area contributed by atoms with Gasteiger partial charge in [0.25, 0.3) is 0 Å². The molecule has 0 saturated carbocycles. The van der Waals surface area contributed by atoms with Crippen LogP contribution in [0.3, 0.4) is 0 Å². The van der Waals surface area contributed by atoms with Gasteiger partial charge in [0, 0.05) is 18.8 Å². The fourth-order valence-electron chi connectivity index (χ4n) is 1.43. The second-order valence-electron chi connectivity index (χ2n) is 3.12. The van der Waals surface area contributed by atoms with E-state index in [0.29, 0.717) is 18.0 Å². The van der Waals surface area contributed by atoms with Crippen molar-refractivity contribution < 1.29 is 9.13 Å². The third-order valence-corrected chi connectivity index (χ3v) is 2.13. The van der Waals surface area contributed by atoms with Gasteiger partial charge in [-0.05, 0) is 6.07 Å². The van der Waals surface area contributed by atoms with Gasteiger partial charge < -0.3 is 15.4 Å². The van der Waals surface area contributed by atoms with Crippen LogP contribution in [0.1, 0.15) is 0 Å². The minimum atomic E-state index is -0.387. The molecule has 0 aliphatic carbocycles. The zero-order valence-corrected chi connectivity index (χ0v) is 7.38. The van der Waals surface area contributed by atoms with Crippen LogP contribution in [0.25, 0.3) is 0 Å². The van der Waals surface area contributed by atoms with Crippen molar-refractivity contribution in [3.8, 4) is 5.75 Å². The summed E-state index contributed by atoms with van der Waals surface area (Å²) in [5.41, 5.74) is 6.67. The number of likely N-dealkylation sites (N-methyl/N-ethyl adjacent to an activating group) is 1. The van der Waals surface area contributed by atoms with Gasteiger partial charge in [0.2, 0.25) is 0 Å². The first-order valence-electron chi connectivity index (χ1n) is 4.11. The quantitative estimate of drug-likeness (QED) is 0.613. The Morgan fingerprint density at radius 3 is 3.08 bits per heavy atom. The second kappa shape index (κ2) is 2.80. The number of nitrogens with two attached hydrogens (primary N) is 1. The van der Waals surface area contributed by atoms with Crippen molar-refractivity contribution in [2.45, 2.75) is 0 Å². The number of nitrogen functional groups attached to an aromatic ring is 1. The molecule has 0 unspecified atom stereocenters. The normalized spacial score (nSPS) is 15.1. The number of nitrogens with zero attached hydrogens (tertiary/aromatic N) is 1. The van der Waals surface area contributed by atoms with Crippen LogP contribution in [0.15, 0.2) is 12.1 Å². The Labute approximate surface area is 75.9 Å². The Morgan fingerprint density at radius 1 is 1.54 bits per heavy atom. The van der Waals surface area contributed by atoms with Crippen LogP contribution in [0.5, 0.6) is 5.75 Å². The van der Waals surface area contributed by atoms with Gasteiger partial charge in [-0.15, -0.1) is 0 Å². The molecule has 3 nitrogen and oxygen atoms in total. The maximum absolute atomic E-state index is 13.3. The predicted octanol–water partition coefficient (Wildman–Crippen LogP) is 1.24. The summed E-state index contributed by atoms with van der Waals surface area (Å²) in [6.07, 6.45) is 0. The molecule has 2 N–H and O–H groups in total. The fourth-order valence-corrected chi connectivity index (χ4v) is 1.43. The van der Waals surface area contributed by atoms with Crippen molar-refractivity contribution in [1.29, 1.82) is 0 Å². The molecule has 1 aromatic carbocycles. The molecule has 13 heavy (non-hydrogen) atoms. The van der Waals surface area contributed by atoms with E-state index < -0.39 is 0 Å². The summed E-state index contributed by atoms with van der Waals surface area (Å²) in [4.78, 5) is 1.93. The lowest BCUT2D eigenvalue weighted by Gasteiger charge is -2.28. The summed E-state index contributed by atoms with van der Waals surface area (Å²) in [7, 11) is 1.89. The Bertz CT molecular complexity index is 341. The second-order valence-corrected chi connectivity index (χ2v) is 3.12. The average molecular weight is 182 g/mol. The van der Waals surface area contributed by atoms with Crippen LogP contribution in [0, 0.1) is 5.82 Å². The van der Waals surface area contributed by atoms with Crippen molar-refractivity contribution in [2.75, 3.05) is 30.8 Å². The fraction of sp³-hybridized carbons (Fsp3) is 0.333. The maximum Gasteiger partial charge on any atom is 0.178 e. The van der Waals surface area contributed by atoms with E-state index in [1.165, 1.54) is 6.07 Å². The minimum Gasteiger partial charge on any atom is -0.486 e. The molecule has 0 radical (unpaired) electrons. The van der Waals surface area contributed by atoms with Gasteiger partial charge in [0.1, 0.15) is 6.61 Å². The van der Waals surface area contributed by atoms with Crippen LogP contribution < -0.4 is 15.4 Å². The minimum absolute atomic E-state index is 0.308. The lowest BCUT2D eigenvalue weighted by Crippen LogP contribution is -2.29. The average Bonchev–Trinajstić information content (AvgIpc) is 2.07. The Hall–Kier alpha value is -1.45. The molecule has 1 aliphatic rings. The van der Waals surface area contributed by atoms with E-state index >= 15 is 0 Å². The first-order chi connectivity index (χ1) is 6.18. The monoisotopic (exact) mass is 182 g/mol. The van der Waals surface area contributed by atoms with E-state index in [2.05, 4.69) is 0 Å². The molecular weight excluding hydrogens is 171 g/mol. The predicted molar refractivity (Wildman–Crippen MR) is 49.6 cm³/mol. The lowest BCUT2D eigenvalue weighted by atomic mass is 10.2. The van der Waals surface area contributed by atoms with Gasteiger partial charge in [-0.25, -0.2) is 4.39 Å². The van der Waals surface area contributed by atoms with Crippen molar-refractivity contribution >= 4 is 11.4 Å². The molecule has 1 heterocycles. The number of benzene rings is 1. The van der Waals surface area contributed by atoms with E-state index in [1.54, 1.807) is 6.07 Å². The van der Waals surface area contributed by atoms with Gasteiger partial charge in [-0.2, -0.15) is 0 Å². The van der Waals surface area contributed by atoms with E-state index in [4.69, 9.17) is 10.5 Å². The maximum atomic E-state index is 13.3. The Kier molecular flexibility index (Phi) is 1.76. The standard InChI is InChI=1S/C9H11FN2O/c1-12-2-3-13-9-7(10)4-6(11)5-8(9)12/h4-5H,2-3,11H2,1H3. The SMILES string of the molecule is CN1CCOc2c(F)cc(N)cc21. The summed E-state index contributed by atoms with van der Waals surface area (Å²) in [5, 5.41) is 0. The van der Waals surface area contributed by atoms with E-state index in [-0.39, 0.29) is 5.82 Å². The summed E-state index contributed by atoms with van der Waals surface area (Å²) in [6, 6.07) is 3.00. The number of ether oxygens (including phenoxy) is 1. The molecule has 2 rings (SSSR count). The molecule has 1 aliphatic heterocycles. The van der Waals surface area contributed by atoms with Gasteiger partial charge in [-0.1, -0.05) is 0 Å². The summed E-state index contributed by atoms with van der Waals surface area (Å²) >= 11 is 0. The number of rotatable bonds is 0. The van der Waals surface area contributed by atoms with Crippen LogP contribution in [-0.2, 0) is 0 Å².